The maximum atomic E-state index is 5.96. The lowest BCUT2D eigenvalue weighted by Gasteiger charge is -2.43. The summed E-state index contributed by atoms with van der Waals surface area (Å²) in [5.74, 6) is 3.23. The Labute approximate surface area is 74.7 Å². The first-order valence-corrected chi connectivity index (χ1v) is 5.54. The van der Waals surface area contributed by atoms with Crippen LogP contribution in [0, 0.1) is 23.2 Å². The zero-order valence-corrected chi connectivity index (χ0v) is 7.76. The van der Waals surface area contributed by atoms with Crippen LogP contribution in [0.4, 0.5) is 0 Å². The zero-order chi connectivity index (χ0) is 8.18. The molecule has 0 radical (unpaired) electrons. The highest BCUT2D eigenvalue weighted by molar-refractivity contribution is 5.07. The fourth-order valence-electron chi connectivity index (χ4n) is 3.63. The second kappa shape index (κ2) is 2.25. The molecule has 12 heavy (non-hydrogen) atoms. The fourth-order valence-corrected chi connectivity index (χ4v) is 3.63. The molecule has 3 aliphatic rings. The summed E-state index contributed by atoms with van der Waals surface area (Å²) in [6.45, 7) is 0.977. The van der Waals surface area contributed by atoms with E-state index in [0.29, 0.717) is 5.41 Å². The highest BCUT2D eigenvalue weighted by Gasteiger charge is 2.56. The summed E-state index contributed by atoms with van der Waals surface area (Å²) in [5, 5.41) is 0. The van der Waals surface area contributed by atoms with Gasteiger partial charge >= 0.3 is 0 Å². The molecule has 68 valence electrons. The lowest BCUT2D eigenvalue weighted by molar-refractivity contribution is 0.0833. The number of hydrogen-bond acceptors (Lipinski definition) is 1. The molecule has 0 aliphatic heterocycles. The molecule has 3 fully saturated rings. The molecule has 0 aromatic rings. The van der Waals surface area contributed by atoms with Crippen LogP contribution in [0.5, 0.6) is 0 Å². The molecule has 3 rings (SSSR count). The Bertz CT molecular complexity index is 185. The molecule has 2 atom stereocenters. The van der Waals surface area contributed by atoms with Crippen molar-refractivity contribution in [2.75, 3.05) is 6.54 Å². The van der Waals surface area contributed by atoms with Crippen LogP contribution < -0.4 is 5.73 Å². The maximum Gasteiger partial charge on any atom is -0.00177 e. The van der Waals surface area contributed by atoms with Crippen LogP contribution in [0.1, 0.15) is 38.5 Å². The van der Waals surface area contributed by atoms with Crippen molar-refractivity contribution in [3.05, 3.63) is 0 Å². The molecule has 0 saturated heterocycles. The first-order chi connectivity index (χ1) is 5.84. The Hall–Kier alpha value is -0.0400. The molecule has 0 aromatic carbocycles. The van der Waals surface area contributed by atoms with E-state index >= 15 is 0 Å². The third kappa shape index (κ3) is 0.834. The minimum atomic E-state index is 0.631. The van der Waals surface area contributed by atoms with Gasteiger partial charge in [-0.3, -0.25) is 0 Å². The molecule has 2 unspecified atom stereocenters. The van der Waals surface area contributed by atoms with Gasteiger partial charge in [-0.2, -0.15) is 0 Å². The standard InChI is InChI=1S/C11H19N/c12-7-11(10-2-1-3-10)5-8-4-9(8)6-11/h8-10H,1-7,12H2. The Morgan fingerprint density at radius 3 is 2.25 bits per heavy atom. The Balaban J connectivity index is 1.76. The number of rotatable bonds is 2. The van der Waals surface area contributed by atoms with E-state index in [0.717, 1.165) is 24.3 Å². The van der Waals surface area contributed by atoms with Gasteiger partial charge in [0.1, 0.15) is 0 Å². The molecule has 3 aliphatic carbocycles. The Morgan fingerprint density at radius 1 is 1.17 bits per heavy atom. The highest BCUT2D eigenvalue weighted by Crippen LogP contribution is 2.64. The van der Waals surface area contributed by atoms with Gasteiger partial charge in [-0.05, 0) is 61.8 Å². The molecule has 0 spiro atoms. The third-order valence-corrected chi connectivity index (χ3v) is 4.78. The minimum Gasteiger partial charge on any atom is -0.330 e. The van der Waals surface area contributed by atoms with Gasteiger partial charge in [-0.1, -0.05) is 6.42 Å². The van der Waals surface area contributed by atoms with E-state index in [1.54, 1.807) is 0 Å². The van der Waals surface area contributed by atoms with Crippen molar-refractivity contribution in [3.63, 3.8) is 0 Å². The fraction of sp³-hybridized carbons (Fsp3) is 1.00. The van der Waals surface area contributed by atoms with Crippen LogP contribution in [-0.2, 0) is 0 Å². The lowest BCUT2D eigenvalue weighted by atomic mass is 9.63. The first-order valence-electron chi connectivity index (χ1n) is 5.54. The normalized spacial score (nSPS) is 51.8. The lowest BCUT2D eigenvalue weighted by Crippen LogP contribution is -2.40. The van der Waals surface area contributed by atoms with E-state index < -0.39 is 0 Å². The van der Waals surface area contributed by atoms with E-state index in [1.807, 2.05) is 0 Å². The minimum absolute atomic E-state index is 0.631. The van der Waals surface area contributed by atoms with Gasteiger partial charge in [-0.15, -0.1) is 0 Å². The van der Waals surface area contributed by atoms with Crippen molar-refractivity contribution in [2.45, 2.75) is 38.5 Å². The van der Waals surface area contributed by atoms with Crippen LogP contribution in [0.25, 0.3) is 0 Å². The van der Waals surface area contributed by atoms with Crippen LogP contribution in [0.3, 0.4) is 0 Å². The monoisotopic (exact) mass is 165 g/mol. The molecule has 1 nitrogen and oxygen atoms in total. The number of hydrogen-bond donors (Lipinski definition) is 1. The average molecular weight is 165 g/mol. The quantitative estimate of drug-likeness (QED) is 0.666. The summed E-state index contributed by atoms with van der Waals surface area (Å²) in [6.07, 6.45) is 8.95. The summed E-state index contributed by atoms with van der Waals surface area (Å²) in [6, 6.07) is 0. The van der Waals surface area contributed by atoms with Gasteiger partial charge in [0.2, 0.25) is 0 Å². The van der Waals surface area contributed by atoms with Gasteiger partial charge in [0.25, 0.3) is 0 Å². The van der Waals surface area contributed by atoms with E-state index in [4.69, 9.17) is 5.73 Å². The predicted molar refractivity (Wildman–Crippen MR) is 49.7 cm³/mol. The third-order valence-electron chi connectivity index (χ3n) is 4.78. The van der Waals surface area contributed by atoms with Crippen LogP contribution in [0.15, 0.2) is 0 Å². The van der Waals surface area contributed by atoms with Crippen molar-refractivity contribution in [1.82, 2.24) is 0 Å². The van der Waals surface area contributed by atoms with E-state index in [-0.39, 0.29) is 0 Å². The highest BCUT2D eigenvalue weighted by atomic mass is 14.7. The summed E-state index contributed by atoms with van der Waals surface area (Å²) >= 11 is 0. The van der Waals surface area contributed by atoms with E-state index in [2.05, 4.69) is 0 Å². The second-order valence-corrected chi connectivity index (χ2v) is 5.36. The van der Waals surface area contributed by atoms with Gasteiger partial charge < -0.3 is 5.73 Å². The summed E-state index contributed by atoms with van der Waals surface area (Å²) in [7, 11) is 0. The van der Waals surface area contributed by atoms with E-state index in [9.17, 15) is 0 Å². The largest absolute Gasteiger partial charge is 0.330 e. The topological polar surface area (TPSA) is 26.0 Å². The van der Waals surface area contributed by atoms with Crippen molar-refractivity contribution < 1.29 is 0 Å². The molecule has 0 heterocycles. The first kappa shape index (κ1) is 7.37. The Morgan fingerprint density at radius 2 is 1.83 bits per heavy atom. The number of nitrogens with two attached hydrogens (primary N) is 1. The predicted octanol–water partition coefficient (Wildman–Crippen LogP) is 2.16. The van der Waals surface area contributed by atoms with Gasteiger partial charge in [0.05, 0.1) is 0 Å². The molecule has 3 saturated carbocycles. The SMILES string of the molecule is NCC1(C2CCC2)CC2CC2C1. The summed E-state index contributed by atoms with van der Waals surface area (Å²) < 4.78 is 0. The molecular weight excluding hydrogens is 146 g/mol. The summed E-state index contributed by atoms with van der Waals surface area (Å²) in [5.41, 5.74) is 6.59. The van der Waals surface area contributed by atoms with Gasteiger partial charge in [0.15, 0.2) is 0 Å². The molecule has 0 bridgehead atoms. The van der Waals surface area contributed by atoms with Crippen molar-refractivity contribution in [1.29, 1.82) is 0 Å². The Kier molecular flexibility index (Phi) is 1.39. The van der Waals surface area contributed by atoms with Crippen molar-refractivity contribution >= 4 is 0 Å². The maximum absolute atomic E-state index is 5.96. The van der Waals surface area contributed by atoms with Gasteiger partial charge in [-0.25, -0.2) is 0 Å². The zero-order valence-electron chi connectivity index (χ0n) is 7.76. The molecule has 2 N–H and O–H groups in total. The van der Waals surface area contributed by atoms with E-state index in [1.165, 1.54) is 38.5 Å². The molecular formula is C11H19N. The van der Waals surface area contributed by atoms with Crippen LogP contribution >= 0.6 is 0 Å². The van der Waals surface area contributed by atoms with Crippen LogP contribution in [0.2, 0.25) is 0 Å². The van der Waals surface area contributed by atoms with Gasteiger partial charge in [0, 0.05) is 0 Å². The van der Waals surface area contributed by atoms with Crippen molar-refractivity contribution in [2.24, 2.45) is 28.9 Å². The molecule has 0 amide bonds. The van der Waals surface area contributed by atoms with Crippen LogP contribution in [-0.4, -0.2) is 6.54 Å². The second-order valence-electron chi connectivity index (χ2n) is 5.36. The molecule has 0 aromatic heterocycles. The smallest absolute Gasteiger partial charge is 0.00177 e. The van der Waals surface area contributed by atoms with Crippen molar-refractivity contribution in [3.8, 4) is 0 Å². The molecule has 1 heteroatoms. The summed E-state index contributed by atoms with van der Waals surface area (Å²) in [4.78, 5) is 0. The number of fused-ring (bicyclic) bond motifs is 1. The average Bonchev–Trinajstić information content (AvgIpc) is 2.57.